The Morgan fingerprint density at radius 1 is 0.929 bits per heavy atom. The zero-order chi connectivity index (χ0) is 10.5. The molecule has 0 aliphatic heterocycles. The van der Waals surface area contributed by atoms with Gasteiger partial charge in [-0.05, 0) is 33.3 Å². The van der Waals surface area contributed by atoms with Crippen molar-refractivity contribution in [1.29, 1.82) is 0 Å². The largest absolute Gasteiger partial charge is 0.267 e. The van der Waals surface area contributed by atoms with Crippen molar-refractivity contribution in [2.45, 2.75) is 27.7 Å². The fourth-order valence-corrected chi connectivity index (χ4v) is 2.08. The molecule has 2 aromatic rings. The standard InChI is InChI=1S/C11H15N3/c1-6-7(2)12-8(3)10-9(4)13-14(5)11(6)10/h1-5H3. The SMILES string of the molecule is Cc1nc(C)c2c(C)nn(C)c2c1C. The third kappa shape index (κ3) is 1.05. The zero-order valence-electron chi connectivity index (χ0n) is 9.34. The van der Waals surface area contributed by atoms with Gasteiger partial charge >= 0.3 is 0 Å². The van der Waals surface area contributed by atoms with Crippen LogP contribution >= 0.6 is 0 Å². The van der Waals surface area contributed by atoms with E-state index in [4.69, 9.17) is 0 Å². The summed E-state index contributed by atoms with van der Waals surface area (Å²) in [6.07, 6.45) is 0. The number of aromatic nitrogens is 3. The van der Waals surface area contributed by atoms with Crippen LogP contribution in [-0.2, 0) is 7.05 Å². The van der Waals surface area contributed by atoms with Gasteiger partial charge in [0.05, 0.1) is 11.2 Å². The van der Waals surface area contributed by atoms with Crippen molar-refractivity contribution in [2.24, 2.45) is 7.05 Å². The molecule has 3 nitrogen and oxygen atoms in total. The molecular formula is C11H15N3. The molecule has 0 bridgehead atoms. The molecule has 74 valence electrons. The Morgan fingerprint density at radius 2 is 1.57 bits per heavy atom. The molecule has 0 aliphatic rings. The fourth-order valence-electron chi connectivity index (χ4n) is 2.08. The van der Waals surface area contributed by atoms with Crippen LogP contribution in [0.3, 0.4) is 0 Å². The average Bonchev–Trinajstić information content (AvgIpc) is 2.38. The van der Waals surface area contributed by atoms with Crippen molar-refractivity contribution in [3.05, 3.63) is 22.6 Å². The molecule has 0 atom stereocenters. The number of hydrogen-bond acceptors (Lipinski definition) is 2. The van der Waals surface area contributed by atoms with Gasteiger partial charge in [0.1, 0.15) is 0 Å². The molecule has 0 aliphatic carbocycles. The van der Waals surface area contributed by atoms with Gasteiger partial charge in [-0.2, -0.15) is 5.10 Å². The van der Waals surface area contributed by atoms with Crippen LogP contribution in [0.25, 0.3) is 10.9 Å². The molecule has 0 fully saturated rings. The van der Waals surface area contributed by atoms with Crippen LogP contribution in [0.15, 0.2) is 0 Å². The minimum atomic E-state index is 1.07. The van der Waals surface area contributed by atoms with E-state index in [1.54, 1.807) is 0 Å². The third-order valence-electron chi connectivity index (χ3n) is 2.82. The normalized spacial score (nSPS) is 11.2. The highest BCUT2D eigenvalue weighted by molar-refractivity contribution is 5.87. The van der Waals surface area contributed by atoms with Crippen molar-refractivity contribution in [1.82, 2.24) is 14.8 Å². The van der Waals surface area contributed by atoms with Crippen LogP contribution in [0.2, 0.25) is 0 Å². The van der Waals surface area contributed by atoms with E-state index in [-0.39, 0.29) is 0 Å². The van der Waals surface area contributed by atoms with Gasteiger partial charge in [-0.1, -0.05) is 0 Å². The predicted molar refractivity (Wildman–Crippen MR) is 57.5 cm³/mol. The van der Waals surface area contributed by atoms with Crippen LogP contribution in [0.1, 0.15) is 22.6 Å². The summed E-state index contributed by atoms with van der Waals surface area (Å²) in [7, 11) is 1.99. The van der Waals surface area contributed by atoms with Gasteiger partial charge in [0, 0.05) is 23.8 Å². The second-order valence-corrected chi connectivity index (χ2v) is 3.84. The topological polar surface area (TPSA) is 30.7 Å². The molecule has 0 N–H and O–H groups in total. The van der Waals surface area contributed by atoms with E-state index in [0.29, 0.717) is 0 Å². The van der Waals surface area contributed by atoms with E-state index in [2.05, 4.69) is 17.0 Å². The number of fused-ring (bicyclic) bond motifs is 1. The summed E-state index contributed by atoms with van der Waals surface area (Å²) >= 11 is 0. The Balaban J connectivity index is 3.05. The molecule has 0 saturated carbocycles. The maximum atomic E-state index is 4.52. The van der Waals surface area contributed by atoms with Crippen molar-refractivity contribution in [3.8, 4) is 0 Å². The summed E-state index contributed by atoms with van der Waals surface area (Å²) in [6.45, 7) is 8.23. The van der Waals surface area contributed by atoms with Crippen LogP contribution < -0.4 is 0 Å². The Morgan fingerprint density at radius 3 is 2.21 bits per heavy atom. The van der Waals surface area contributed by atoms with Crippen molar-refractivity contribution in [2.75, 3.05) is 0 Å². The van der Waals surface area contributed by atoms with E-state index < -0.39 is 0 Å². The third-order valence-corrected chi connectivity index (χ3v) is 2.82. The molecule has 2 heterocycles. The Kier molecular flexibility index (Phi) is 1.84. The maximum absolute atomic E-state index is 4.52. The minimum Gasteiger partial charge on any atom is -0.267 e. The molecule has 0 unspecified atom stereocenters. The first-order valence-corrected chi connectivity index (χ1v) is 4.79. The summed E-state index contributed by atoms with van der Waals surface area (Å²) in [5.41, 5.74) is 5.68. The van der Waals surface area contributed by atoms with Crippen LogP contribution in [0.5, 0.6) is 0 Å². The summed E-state index contributed by atoms with van der Waals surface area (Å²) in [4.78, 5) is 4.52. The molecule has 14 heavy (non-hydrogen) atoms. The first kappa shape index (κ1) is 9.19. The number of aryl methyl sites for hydroxylation is 5. The maximum Gasteiger partial charge on any atom is 0.0747 e. The molecule has 0 saturated heterocycles. The molecule has 2 rings (SSSR count). The first-order chi connectivity index (χ1) is 6.52. The summed E-state index contributed by atoms with van der Waals surface area (Å²) in [5.74, 6) is 0. The second-order valence-electron chi connectivity index (χ2n) is 3.84. The number of nitrogens with zero attached hydrogens (tertiary/aromatic N) is 3. The van der Waals surface area contributed by atoms with Gasteiger partial charge in [-0.25, -0.2) is 0 Å². The minimum absolute atomic E-state index is 1.07. The van der Waals surface area contributed by atoms with Gasteiger partial charge < -0.3 is 0 Å². The van der Waals surface area contributed by atoms with E-state index in [0.717, 1.165) is 17.1 Å². The van der Waals surface area contributed by atoms with Gasteiger partial charge in [-0.15, -0.1) is 0 Å². The lowest BCUT2D eigenvalue weighted by Gasteiger charge is -2.05. The van der Waals surface area contributed by atoms with Gasteiger partial charge in [0.2, 0.25) is 0 Å². The lowest BCUT2D eigenvalue weighted by molar-refractivity contribution is 0.780. The van der Waals surface area contributed by atoms with E-state index in [1.807, 2.05) is 32.5 Å². The predicted octanol–water partition coefficient (Wildman–Crippen LogP) is 2.20. The average molecular weight is 189 g/mol. The van der Waals surface area contributed by atoms with Gasteiger partial charge in [0.15, 0.2) is 0 Å². The van der Waals surface area contributed by atoms with Crippen LogP contribution in [0, 0.1) is 27.7 Å². The zero-order valence-corrected chi connectivity index (χ0v) is 9.34. The summed E-state index contributed by atoms with van der Waals surface area (Å²) < 4.78 is 1.95. The highest BCUT2D eigenvalue weighted by Crippen LogP contribution is 2.24. The summed E-state index contributed by atoms with van der Waals surface area (Å²) in [5, 5.41) is 5.63. The molecule has 0 amide bonds. The monoisotopic (exact) mass is 189 g/mol. The van der Waals surface area contributed by atoms with Gasteiger partial charge in [-0.3, -0.25) is 9.67 Å². The lowest BCUT2D eigenvalue weighted by Crippen LogP contribution is -1.96. The van der Waals surface area contributed by atoms with E-state index in [1.165, 1.54) is 16.5 Å². The molecule has 3 heteroatoms. The van der Waals surface area contributed by atoms with Crippen molar-refractivity contribution in [3.63, 3.8) is 0 Å². The number of rotatable bonds is 0. The quantitative estimate of drug-likeness (QED) is 0.636. The van der Waals surface area contributed by atoms with Gasteiger partial charge in [0.25, 0.3) is 0 Å². The molecule has 0 radical (unpaired) electrons. The summed E-state index contributed by atoms with van der Waals surface area (Å²) in [6, 6.07) is 0. The van der Waals surface area contributed by atoms with Crippen LogP contribution in [0.4, 0.5) is 0 Å². The molecule has 2 aromatic heterocycles. The Labute approximate surface area is 83.8 Å². The second kappa shape index (κ2) is 2.80. The fraction of sp³-hybridized carbons (Fsp3) is 0.455. The highest BCUT2D eigenvalue weighted by atomic mass is 15.3. The number of pyridine rings is 1. The lowest BCUT2D eigenvalue weighted by atomic mass is 10.1. The van der Waals surface area contributed by atoms with Crippen molar-refractivity contribution < 1.29 is 0 Å². The molecule has 0 aromatic carbocycles. The Hall–Kier alpha value is -1.38. The van der Waals surface area contributed by atoms with Crippen LogP contribution in [-0.4, -0.2) is 14.8 Å². The number of hydrogen-bond donors (Lipinski definition) is 0. The smallest absolute Gasteiger partial charge is 0.0747 e. The first-order valence-electron chi connectivity index (χ1n) is 4.79. The molecule has 0 spiro atoms. The molecular weight excluding hydrogens is 174 g/mol. The van der Waals surface area contributed by atoms with E-state index in [9.17, 15) is 0 Å². The Bertz CT molecular complexity index is 509. The highest BCUT2D eigenvalue weighted by Gasteiger charge is 2.12. The van der Waals surface area contributed by atoms with E-state index >= 15 is 0 Å². The van der Waals surface area contributed by atoms with Crippen molar-refractivity contribution >= 4 is 10.9 Å².